The van der Waals surface area contributed by atoms with E-state index in [1.165, 1.54) is 18.2 Å². The highest BCUT2D eigenvalue weighted by Crippen LogP contribution is 2.34. The molecule has 0 radical (unpaired) electrons. The zero-order valence-electron chi connectivity index (χ0n) is 15.6. The highest BCUT2D eigenvalue weighted by Gasteiger charge is 2.33. The number of halogens is 3. The average Bonchev–Trinajstić information content (AvgIpc) is 2.67. The van der Waals surface area contributed by atoms with Crippen molar-refractivity contribution in [2.75, 3.05) is 48.7 Å². The summed E-state index contributed by atoms with van der Waals surface area (Å²) in [5, 5.41) is 13.1. The maximum Gasteiger partial charge on any atom is 0.418 e. The first-order valence-corrected chi connectivity index (χ1v) is 8.85. The smallest absolute Gasteiger partial charge is 0.378 e. The van der Waals surface area contributed by atoms with Crippen molar-refractivity contribution in [1.29, 1.82) is 0 Å². The fourth-order valence-electron chi connectivity index (χ4n) is 3.01. The highest BCUT2D eigenvalue weighted by molar-refractivity contribution is 5.93. The molecule has 10 nitrogen and oxygen atoms in total. The van der Waals surface area contributed by atoms with Crippen LogP contribution in [0.5, 0.6) is 0 Å². The third kappa shape index (κ3) is 4.92. The highest BCUT2D eigenvalue weighted by atomic mass is 19.4. The molecule has 1 saturated heterocycles. The Labute approximate surface area is 168 Å². The molecule has 0 bridgehead atoms. The Kier molecular flexibility index (Phi) is 6.01. The number of hydrogen-bond donors (Lipinski definition) is 2. The standard InChI is InChI=1S/C17H18F3N7O3/c18-17(19,20)11-3-1-2-4-12(11)23-14(28)10-25-5-7-26(8-6-25)16-22-9-13(27(29)30)15(21)24-16/h1-4,9H,5-8,10H2,(H,23,28)(H2,21,22,24). The van der Waals surface area contributed by atoms with Crippen LogP contribution in [0.1, 0.15) is 5.56 Å². The van der Waals surface area contributed by atoms with Crippen LogP contribution in [-0.4, -0.2) is 58.4 Å². The number of benzene rings is 1. The molecule has 160 valence electrons. The first-order valence-electron chi connectivity index (χ1n) is 8.85. The Bertz CT molecular complexity index is 946. The second-order valence-electron chi connectivity index (χ2n) is 6.55. The van der Waals surface area contributed by atoms with Crippen LogP contribution >= 0.6 is 0 Å². The van der Waals surface area contributed by atoms with Crippen LogP contribution in [0.4, 0.5) is 36.3 Å². The number of nitrogen functional groups attached to an aromatic ring is 1. The summed E-state index contributed by atoms with van der Waals surface area (Å²) in [7, 11) is 0. The number of rotatable bonds is 5. The van der Waals surface area contributed by atoms with Crippen LogP contribution in [0.3, 0.4) is 0 Å². The van der Waals surface area contributed by atoms with Crippen molar-refractivity contribution in [3.63, 3.8) is 0 Å². The first-order chi connectivity index (χ1) is 14.1. The van der Waals surface area contributed by atoms with Crippen LogP contribution in [-0.2, 0) is 11.0 Å². The quantitative estimate of drug-likeness (QED) is 0.547. The molecule has 30 heavy (non-hydrogen) atoms. The second kappa shape index (κ2) is 8.49. The predicted molar refractivity (Wildman–Crippen MR) is 102 cm³/mol. The van der Waals surface area contributed by atoms with E-state index in [-0.39, 0.29) is 29.7 Å². The Balaban J connectivity index is 1.56. The summed E-state index contributed by atoms with van der Waals surface area (Å²) in [6.45, 7) is 1.61. The van der Waals surface area contributed by atoms with Gasteiger partial charge < -0.3 is 16.0 Å². The minimum Gasteiger partial charge on any atom is -0.378 e. The summed E-state index contributed by atoms with van der Waals surface area (Å²) in [4.78, 5) is 33.8. The van der Waals surface area contributed by atoms with Crippen molar-refractivity contribution in [1.82, 2.24) is 14.9 Å². The van der Waals surface area contributed by atoms with Gasteiger partial charge >= 0.3 is 11.9 Å². The SMILES string of the molecule is Nc1nc(N2CCN(CC(=O)Nc3ccccc3C(F)(F)F)CC2)ncc1[N+](=O)[O-]. The summed E-state index contributed by atoms with van der Waals surface area (Å²) in [6, 6.07) is 4.78. The van der Waals surface area contributed by atoms with Crippen molar-refractivity contribution >= 4 is 29.0 Å². The second-order valence-corrected chi connectivity index (χ2v) is 6.55. The number of amides is 1. The lowest BCUT2D eigenvalue weighted by molar-refractivity contribution is -0.384. The average molecular weight is 425 g/mol. The monoisotopic (exact) mass is 425 g/mol. The van der Waals surface area contributed by atoms with Gasteiger partial charge in [0.2, 0.25) is 17.7 Å². The maximum absolute atomic E-state index is 13.0. The number of nitrogens with two attached hydrogens (primary N) is 1. The molecule has 13 heteroatoms. The molecule has 1 amide bonds. The number of aromatic nitrogens is 2. The number of anilines is 3. The van der Waals surface area contributed by atoms with Gasteiger partial charge in [-0.1, -0.05) is 12.1 Å². The van der Waals surface area contributed by atoms with Crippen molar-refractivity contribution in [3.8, 4) is 0 Å². The lowest BCUT2D eigenvalue weighted by atomic mass is 10.1. The molecule has 1 fully saturated rings. The van der Waals surface area contributed by atoms with E-state index in [0.717, 1.165) is 12.3 Å². The largest absolute Gasteiger partial charge is 0.418 e. The van der Waals surface area contributed by atoms with E-state index in [4.69, 9.17) is 5.73 Å². The third-order valence-electron chi connectivity index (χ3n) is 4.51. The van der Waals surface area contributed by atoms with E-state index in [0.29, 0.717) is 26.2 Å². The normalized spacial score (nSPS) is 15.1. The lowest BCUT2D eigenvalue weighted by Crippen LogP contribution is -2.49. The summed E-state index contributed by atoms with van der Waals surface area (Å²) in [5.41, 5.74) is 4.00. The molecule has 1 aliphatic heterocycles. The summed E-state index contributed by atoms with van der Waals surface area (Å²) in [6.07, 6.45) is -3.53. The van der Waals surface area contributed by atoms with E-state index < -0.39 is 22.6 Å². The van der Waals surface area contributed by atoms with Gasteiger partial charge in [0.25, 0.3) is 0 Å². The summed E-state index contributed by atoms with van der Waals surface area (Å²) in [5.74, 6) is -0.563. The van der Waals surface area contributed by atoms with Gasteiger partial charge in [-0.25, -0.2) is 4.98 Å². The molecule has 3 N–H and O–H groups in total. The zero-order valence-corrected chi connectivity index (χ0v) is 15.6. The van der Waals surface area contributed by atoms with Crippen molar-refractivity contribution in [2.24, 2.45) is 0 Å². The Morgan fingerprint density at radius 2 is 1.90 bits per heavy atom. The maximum atomic E-state index is 13.0. The van der Waals surface area contributed by atoms with Crippen LogP contribution in [0, 0.1) is 10.1 Å². The lowest BCUT2D eigenvalue weighted by Gasteiger charge is -2.34. The van der Waals surface area contributed by atoms with E-state index in [9.17, 15) is 28.1 Å². The number of para-hydroxylation sites is 1. The molecule has 0 atom stereocenters. The molecule has 3 rings (SSSR count). The first kappa shape index (κ1) is 21.2. The molecule has 0 unspecified atom stereocenters. The van der Waals surface area contributed by atoms with Gasteiger partial charge in [-0.2, -0.15) is 18.2 Å². The van der Waals surface area contributed by atoms with Crippen LogP contribution in [0.2, 0.25) is 0 Å². The Morgan fingerprint density at radius 1 is 1.23 bits per heavy atom. The molecule has 1 aromatic heterocycles. The topological polar surface area (TPSA) is 131 Å². The van der Waals surface area contributed by atoms with Gasteiger partial charge in [0, 0.05) is 26.2 Å². The molecule has 1 aromatic carbocycles. The van der Waals surface area contributed by atoms with Gasteiger partial charge in [-0.05, 0) is 12.1 Å². The Morgan fingerprint density at radius 3 is 2.50 bits per heavy atom. The van der Waals surface area contributed by atoms with Gasteiger partial charge in [-0.3, -0.25) is 19.8 Å². The number of carbonyl (C=O) groups is 1. The number of piperazine rings is 1. The van der Waals surface area contributed by atoms with Gasteiger partial charge in [-0.15, -0.1) is 0 Å². The molecule has 1 aliphatic rings. The molecular weight excluding hydrogens is 407 g/mol. The van der Waals surface area contributed by atoms with Gasteiger partial charge in [0.1, 0.15) is 6.20 Å². The van der Waals surface area contributed by atoms with Crippen LogP contribution in [0.15, 0.2) is 30.5 Å². The Hall–Kier alpha value is -3.48. The molecule has 0 saturated carbocycles. The van der Waals surface area contributed by atoms with E-state index in [1.54, 1.807) is 9.80 Å². The molecule has 0 aliphatic carbocycles. The number of nitrogens with zero attached hydrogens (tertiary/aromatic N) is 5. The minimum atomic E-state index is -4.57. The van der Waals surface area contributed by atoms with Crippen LogP contribution in [0.25, 0.3) is 0 Å². The summed E-state index contributed by atoms with van der Waals surface area (Å²) < 4.78 is 39.1. The third-order valence-corrected chi connectivity index (χ3v) is 4.51. The van der Waals surface area contributed by atoms with Crippen molar-refractivity contribution in [3.05, 3.63) is 46.1 Å². The fraction of sp³-hybridized carbons (Fsp3) is 0.353. The van der Waals surface area contributed by atoms with Gasteiger partial charge in [0.05, 0.1) is 22.7 Å². The van der Waals surface area contributed by atoms with Gasteiger partial charge in [0.15, 0.2) is 0 Å². The number of carbonyl (C=O) groups excluding carboxylic acids is 1. The number of alkyl halides is 3. The molecule has 2 heterocycles. The molecule has 2 aromatic rings. The molecule has 0 spiro atoms. The molecular formula is C17H18F3N7O3. The number of nitrogens with one attached hydrogen (secondary N) is 1. The van der Waals surface area contributed by atoms with Crippen molar-refractivity contribution < 1.29 is 22.9 Å². The van der Waals surface area contributed by atoms with Crippen molar-refractivity contribution in [2.45, 2.75) is 6.18 Å². The van der Waals surface area contributed by atoms with E-state index in [2.05, 4.69) is 15.3 Å². The fourth-order valence-corrected chi connectivity index (χ4v) is 3.01. The summed E-state index contributed by atoms with van der Waals surface area (Å²) >= 11 is 0. The number of hydrogen-bond acceptors (Lipinski definition) is 8. The van der Waals surface area contributed by atoms with E-state index >= 15 is 0 Å². The number of nitro groups is 1. The minimum absolute atomic E-state index is 0.0801. The zero-order chi connectivity index (χ0) is 21.9. The van der Waals surface area contributed by atoms with E-state index in [1.807, 2.05) is 0 Å². The predicted octanol–water partition coefficient (Wildman–Crippen LogP) is 1.75. The van der Waals surface area contributed by atoms with Crippen LogP contribution < -0.4 is 16.0 Å².